The lowest BCUT2D eigenvalue weighted by Crippen LogP contribution is -2.06. The van der Waals surface area contributed by atoms with Crippen molar-refractivity contribution in [3.8, 4) is 11.3 Å². The van der Waals surface area contributed by atoms with Crippen LogP contribution < -0.4 is 5.32 Å². The fourth-order valence-electron chi connectivity index (χ4n) is 2.38. The Hall–Kier alpha value is -2.80. The highest BCUT2D eigenvalue weighted by Crippen LogP contribution is 2.22. The van der Waals surface area contributed by atoms with Crippen molar-refractivity contribution in [1.29, 1.82) is 0 Å². The molecule has 0 fully saturated rings. The number of hydrogen-bond donors (Lipinski definition) is 1. The first-order valence-corrected chi connectivity index (χ1v) is 8.00. The molecule has 0 atom stereocenters. The molecule has 23 heavy (non-hydrogen) atoms. The van der Waals surface area contributed by atoms with Crippen molar-refractivity contribution in [2.75, 3.05) is 5.32 Å². The van der Waals surface area contributed by atoms with E-state index in [2.05, 4.69) is 37.1 Å². The number of anilines is 1. The molecule has 0 unspecified atom stereocenters. The minimum absolute atomic E-state index is 0.663. The standard InChI is InChI=1S/C16H14N6S/c1-11-14(23-21-20-11)10-17-16-9-13(12-5-3-2-4-6-12)19-15-7-8-18-22(15)16/h2-9,17H,10H2,1H3. The molecule has 0 saturated carbocycles. The summed E-state index contributed by atoms with van der Waals surface area (Å²) in [5, 5.41) is 11.8. The Labute approximate surface area is 137 Å². The SMILES string of the molecule is Cc1nnsc1CNc1cc(-c2ccccc2)nc2ccnn12. The Morgan fingerprint density at radius 2 is 2.04 bits per heavy atom. The van der Waals surface area contributed by atoms with Gasteiger partial charge in [-0.05, 0) is 18.5 Å². The van der Waals surface area contributed by atoms with Crippen LogP contribution in [-0.4, -0.2) is 24.2 Å². The van der Waals surface area contributed by atoms with Gasteiger partial charge in [-0.25, -0.2) is 4.98 Å². The monoisotopic (exact) mass is 322 g/mol. The fraction of sp³-hybridized carbons (Fsp3) is 0.125. The largest absolute Gasteiger partial charge is 0.365 e. The van der Waals surface area contributed by atoms with E-state index >= 15 is 0 Å². The molecule has 0 aliphatic carbocycles. The van der Waals surface area contributed by atoms with E-state index in [4.69, 9.17) is 0 Å². The summed E-state index contributed by atoms with van der Waals surface area (Å²) in [5.41, 5.74) is 3.76. The highest BCUT2D eigenvalue weighted by molar-refractivity contribution is 7.05. The molecule has 3 heterocycles. The van der Waals surface area contributed by atoms with E-state index in [1.54, 1.807) is 10.7 Å². The van der Waals surface area contributed by atoms with Gasteiger partial charge in [-0.15, -0.1) is 5.10 Å². The van der Waals surface area contributed by atoms with Gasteiger partial charge < -0.3 is 5.32 Å². The highest BCUT2D eigenvalue weighted by Gasteiger charge is 2.09. The first-order valence-electron chi connectivity index (χ1n) is 7.23. The summed E-state index contributed by atoms with van der Waals surface area (Å²) in [4.78, 5) is 5.78. The molecular formula is C16H14N6S. The molecule has 0 aliphatic heterocycles. The minimum atomic E-state index is 0.663. The van der Waals surface area contributed by atoms with Crippen LogP contribution in [0.2, 0.25) is 0 Å². The molecule has 0 bridgehead atoms. The summed E-state index contributed by atoms with van der Waals surface area (Å²) >= 11 is 1.41. The van der Waals surface area contributed by atoms with Crippen LogP contribution >= 0.6 is 11.5 Å². The molecule has 114 valence electrons. The number of aromatic nitrogens is 5. The first-order chi connectivity index (χ1) is 11.3. The number of rotatable bonds is 4. The zero-order valence-corrected chi connectivity index (χ0v) is 13.3. The average molecular weight is 322 g/mol. The van der Waals surface area contributed by atoms with Crippen molar-refractivity contribution in [2.24, 2.45) is 0 Å². The van der Waals surface area contributed by atoms with E-state index in [1.165, 1.54) is 11.5 Å². The number of nitrogens with zero attached hydrogens (tertiary/aromatic N) is 5. The van der Waals surface area contributed by atoms with Crippen LogP contribution in [0, 0.1) is 6.92 Å². The molecular weight excluding hydrogens is 308 g/mol. The lowest BCUT2D eigenvalue weighted by Gasteiger charge is -2.10. The van der Waals surface area contributed by atoms with Gasteiger partial charge >= 0.3 is 0 Å². The summed E-state index contributed by atoms with van der Waals surface area (Å²) < 4.78 is 5.77. The second-order valence-electron chi connectivity index (χ2n) is 5.13. The Bertz CT molecular complexity index is 944. The van der Waals surface area contributed by atoms with Gasteiger partial charge in [0.15, 0.2) is 5.65 Å². The molecule has 7 heteroatoms. The predicted molar refractivity (Wildman–Crippen MR) is 90.4 cm³/mol. The van der Waals surface area contributed by atoms with Gasteiger partial charge in [-0.2, -0.15) is 9.61 Å². The maximum absolute atomic E-state index is 4.67. The van der Waals surface area contributed by atoms with E-state index in [0.29, 0.717) is 6.54 Å². The predicted octanol–water partition coefficient (Wildman–Crippen LogP) is 3.17. The summed E-state index contributed by atoms with van der Waals surface area (Å²) in [6.07, 6.45) is 1.75. The molecule has 1 N–H and O–H groups in total. The van der Waals surface area contributed by atoms with Crippen molar-refractivity contribution in [3.63, 3.8) is 0 Å². The molecule has 0 aliphatic rings. The number of aryl methyl sites for hydroxylation is 1. The molecule has 0 spiro atoms. The highest BCUT2D eigenvalue weighted by atomic mass is 32.1. The molecule has 1 aromatic carbocycles. The lowest BCUT2D eigenvalue weighted by atomic mass is 10.1. The van der Waals surface area contributed by atoms with Crippen LogP contribution in [0.1, 0.15) is 10.6 Å². The maximum Gasteiger partial charge on any atom is 0.157 e. The molecule has 3 aromatic heterocycles. The first kappa shape index (κ1) is 13.8. The summed E-state index contributed by atoms with van der Waals surface area (Å²) in [6.45, 7) is 2.63. The fourth-order valence-corrected chi connectivity index (χ4v) is 2.95. The van der Waals surface area contributed by atoms with Gasteiger partial charge in [0.05, 0.1) is 29.0 Å². The van der Waals surface area contributed by atoms with E-state index in [-0.39, 0.29) is 0 Å². The summed E-state index contributed by atoms with van der Waals surface area (Å²) in [6, 6.07) is 14.0. The van der Waals surface area contributed by atoms with E-state index < -0.39 is 0 Å². The van der Waals surface area contributed by atoms with Gasteiger partial charge in [-0.3, -0.25) is 0 Å². The van der Waals surface area contributed by atoms with Crippen molar-refractivity contribution < 1.29 is 0 Å². The quantitative estimate of drug-likeness (QED) is 0.625. The number of fused-ring (bicyclic) bond motifs is 1. The zero-order valence-electron chi connectivity index (χ0n) is 12.5. The van der Waals surface area contributed by atoms with Gasteiger partial charge in [0, 0.05) is 17.7 Å². The van der Waals surface area contributed by atoms with E-state index in [9.17, 15) is 0 Å². The van der Waals surface area contributed by atoms with Crippen LogP contribution in [0.25, 0.3) is 16.9 Å². The molecule has 4 rings (SSSR count). The number of nitrogens with one attached hydrogen (secondary N) is 1. The molecule has 6 nitrogen and oxygen atoms in total. The molecule has 0 radical (unpaired) electrons. The Morgan fingerprint density at radius 3 is 2.83 bits per heavy atom. The molecule has 0 amide bonds. The number of benzene rings is 1. The summed E-state index contributed by atoms with van der Waals surface area (Å²) in [5.74, 6) is 0.895. The smallest absolute Gasteiger partial charge is 0.157 e. The van der Waals surface area contributed by atoms with E-state index in [1.807, 2.05) is 37.3 Å². The van der Waals surface area contributed by atoms with Crippen molar-refractivity contribution in [3.05, 3.63) is 59.2 Å². The third-order valence-corrected chi connectivity index (χ3v) is 4.43. The second-order valence-corrected chi connectivity index (χ2v) is 5.97. The van der Waals surface area contributed by atoms with Crippen molar-refractivity contribution in [2.45, 2.75) is 13.5 Å². The van der Waals surface area contributed by atoms with Gasteiger partial charge in [0.25, 0.3) is 0 Å². The average Bonchev–Trinajstić information content (AvgIpc) is 3.22. The van der Waals surface area contributed by atoms with Gasteiger partial charge in [0.2, 0.25) is 0 Å². The van der Waals surface area contributed by atoms with Crippen molar-refractivity contribution >= 4 is 23.0 Å². The molecule has 4 aromatic rings. The van der Waals surface area contributed by atoms with Crippen LogP contribution in [0.4, 0.5) is 5.82 Å². The Kier molecular flexibility index (Phi) is 3.47. The van der Waals surface area contributed by atoms with Gasteiger partial charge in [0.1, 0.15) is 5.82 Å². The van der Waals surface area contributed by atoms with Crippen LogP contribution in [0.5, 0.6) is 0 Å². The van der Waals surface area contributed by atoms with Crippen LogP contribution in [-0.2, 0) is 6.54 Å². The summed E-state index contributed by atoms with van der Waals surface area (Å²) in [7, 11) is 0. The topological polar surface area (TPSA) is 68.0 Å². The van der Waals surface area contributed by atoms with Gasteiger partial charge in [-0.1, -0.05) is 34.8 Å². The lowest BCUT2D eigenvalue weighted by molar-refractivity contribution is 0.926. The molecule has 0 saturated heterocycles. The van der Waals surface area contributed by atoms with Crippen LogP contribution in [0.15, 0.2) is 48.7 Å². The van der Waals surface area contributed by atoms with Crippen molar-refractivity contribution in [1.82, 2.24) is 24.2 Å². The number of hydrogen-bond acceptors (Lipinski definition) is 6. The third kappa shape index (κ3) is 2.66. The Balaban J connectivity index is 1.73. The normalized spacial score (nSPS) is 11.0. The minimum Gasteiger partial charge on any atom is -0.365 e. The maximum atomic E-state index is 4.67. The van der Waals surface area contributed by atoms with E-state index in [0.717, 1.165) is 33.3 Å². The second kappa shape index (κ2) is 5.77. The third-order valence-electron chi connectivity index (χ3n) is 3.60. The zero-order chi connectivity index (χ0) is 15.6. The van der Waals surface area contributed by atoms with Crippen LogP contribution in [0.3, 0.4) is 0 Å². The Morgan fingerprint density at radius 1 is 1.17 bits per heavy atom.